The monoisotopic (exact) mass is 301 g/mol. The van der Waals surface area contributed by atoms with E-state index in [1.807, 2.05) is 0 Å². The van der Waals surface area contributed by atoms with Gasteiger partial charge < -0.3 is 4.74 Å². The molecule has 1 aliphatic carbocycles. The Balaban J connectivity index is 1.81. The van der Waals surface area contributed by atoms with Crippen molar-refractivity contribution in [2.75, 3.05) is 7.05 Å². The summed E-state index contributed by atoms with van der Waals surface area (Å²) in [6.45, 7) is 0. The Kier molecular flexibility index (Phi) is 3.52. The summed E-state index contributed by atoms with van der Waals surface area (Å²) in [5, 5.41) is 0. The van der Waals surface area contributed by atoms with Crippen LogP contribution in [0.5, 0.6) is 0 Å². The zero-order valence-electron chi connectivity index (χ0n) is 12.1. The molecular formula is C16H15NO5. The Bertz CT molecular complexity index is 694. The van der Waals surface area contributed by atoms with Gasteiger partial charge in [-0.3, -0.25) is 19.3 Å². The number of benzene rings is 1. The fourth-order valence-corrected chi connectivity index (χ4v) is 2.76. The molecule has 6 nitrogen and oxygen atoms in total. The maximum atomic E-state index is 12.1. The Morgan fingerprint density at radius 3 is 2.59 bits per heavy atom. The highest BCUT2D eigenvalue weighted by Crippen LogP contribution is 2.24. The van der Waals surface area contributed by atoms with Crippen molar-refractivity contribution >= 4 is 23.6 Å². The average Bonchev–Trinajstić information content (AvgIpc) is 2.74. The van der Waals surface area contributed by atoms with Gasteiger partial charge in [-0.1, -0.05) is 0 Å². The summed E-state index contributed by atoms with van der Waals surface area (Å²) in [6.07, 6.45) is 1.95. The number of imide groups is 1. The number of hydrogen-bond donors (Lipinski definition) is 0. The second-order valence-electron chi connectivity index (χ2n) is 5.54. The molecule has 114 valence electrons. The number of amides is 2. The van der Waals surface area contributed by atoms with Gasteiger partial charge in [-0.15, -0.1) is 0 Å². The van der Waals surface area contributed by atoms with Gasteiger partial charge >= 0.3 is 5.97 Å². The van der Waals surface area contributed by atoms with Crippen molar-refractivity contribution in [1.29, 1.82) is 0 Å². The first-order chi connectivity index (χ1) is 10.5. The highest BCUT2D eigenvalue weighted by molar-refractivity contribution is 6.21. The van der Waals surface area contributed by atoms with Gasteiger partial charge in [-0.2, -0.15) is 0 Å². The van der Waals surface area contributed by atoms with E-state index in [2.05, 4.69) is 0 Å². The summed E-state index contributed by atoms with van der Waals surface area (Å²) in [5.74, 6) is -1.53. The van der Waals surface area contributed by atoms with Crippen LogP contribution in [0.15, 0.2) is 18.2 Å². The fourth-order valence-electron chi connectivity index (χ4n) is 2.76. The lowest BCUT2D eigenvalue weighted by molar-refractivity contribution is -0.129. The van der Waals surface area contributed by atoms with Crippen LogP contribution < -0.4 is 0 Å². The molecule has 2 aliphatic rings. The zero-order valence-corrected chi connectivity index (χ0v) is 12.1. The molecule has 0 spiro atoms. The molecule has 0 N–H and O–H groups in total. The molecule has 3 rings (SSSR count). The molecule has 1 saturated carbocycles. The highest BCUT2D eigenvalue weighted by Gasteiger charge is 2.34. The minimum Gasteiger partial charge on any atom is -0.451 e. The minimum absolute atomic E-state index is 0.0632. The second kappa shape index (κ2) is 5.36. The largest absolute Gasteiger partial charge is 0.451 e. The first-order valence-electron chi connectivity index (χ1n) is 7.19. The van der Waals surface area contributed by atoms with Crippen molar-refractivity contribution in [2.24, 2.45) is 0 Å². The first kappa shape index (κ1) is 14.4. The van der Waals surface area contributed by atoms with E-state index in [4.69, 9.17) is 4.74 Å². The molecule has 1 fully saturated rings. The van der Waals surface area contributed by atoms with Gasteiger partial charge in [-0.25, -0.2) is 4.79 Å². The zero-order chi connectivity index (χ0) is 15.9. The molecule has 1 aromatic rings. The predicted octanol–water partition coefficient (Wildman–Crippen LogP) is 1.58. The smallest absolute Gasteiger partial charge is 0.338 e. The summed E-state index contributed by atoms with van der Waals surface area (Å²) in [6, 6.07) is 4.24. The normalized spacial score (nSPS) is 21.0. The maximum Gasteiger partial charge on any atom is 0.338 e. The number of ketones is 1. The number of Topliss-reactive ketones (excluding diaryl/α,β-unsaturated/α-hetero) is 1. The van der Waals surface area contributed by atoms with Gasteiger partial charge in [0.1, 0.15) is 0 Å². The van der Waals surface area contributed by atoms with E-state index >= 15 is 0 Å². The number of esters is 1. The molecule has 1 heterocycles. The third-order valence-electron chi connectivity index (χ3n) is 4.07. The van der Waals surface area contributed by atoms with Gasteiger partial charge in [-0.05, 0) is 37.5 Å². The molecule has 6 heteroatoms. The quantitative estimate of drug-likeness (QED) is 0.612. The number of nitrogens with zero attached hydrogens (tertiary/aromatic N) is 1. The summed E-state index contributed by atoms with van der Waals surface area (Å²) < 4.78 is 5.24. The lowest BCUT2D eigenvalue weighted by atomic mass is 9.96. The van der Waals surface area contributed by atoms with E-state index in [0.29, 0.717) is 12.8 Å². The van der Waals surface area contributed by atoms with Crippen molar-refractivity contribution in [2.45, 2.75) is 31.8 Å². The van der Waals surface area contributed by atoms with Crippen molar-refractivity contribution < 1.29 is 23.9 Å². The number of fused-ring (bicyclic) bond motifs is 1. The molecule has 22 heavy (non-hydrogen) atoms. The van der Waals surface area contributed by atoms with E-state index < -0.39 is 18.0 Å². The minimum atomic E-state index is -0.700. The third-order valence-corrected chi connectivity index (χ3v) is 4.07. The third kappa shape index (κ3) is 2.30. The molecule has 0 saturated heterocycles. The predicted molar refractivity (Wildman–Crippen MR) is 75.5 cm³/mol. The molecule has 1 atom stereocenters. The number of carbonyl (C=O) groups excluding carboxylic acids is 4. The fraction of sp³-hybridized carbons (Fsp3) is 0.375. The van der Waals surface area contributed by atoms with E-state index in [0.717, 1.165) is 17.7 Å². The number of rotatable bonds is 2. The summed E-state index contributed by atoms with van der Waals surface area (Å²) in [5.41, 5.74) is 0.642. The summed E-state index contributed by atoms with van der Waals surface area (Å²) in [7, 11) is 1.39. The summed E-state index contributed by atoms with van der Waals surface area (Å²) >= 11 is 0. The van der Waals surface area contributed by atoms with Gasteiger partial charge in [0.15, 0.2) is 11.9 Å². The van der Waals surface area contributed by atoms with E-state index in [1.54, 1.807) is 0 Å². The molecule has 0 aromatic heterocycles. The molecule has 2 amide bonds. The Labute approximate surface area is 127 Å². The topological polar surface area (TPSA) is 80.8 Å². The molecule has 1 aliphatic heterocycles. The van der Waals surface area contributed by atoms with Gasteiger partial charge in [0.25, 0.3) is 11.8 Å². The first-order valence-corrected chi connectivity index (χ1v) is 7.19. The van der Waals surface area contributed by atoms with E-state index in [1.165, 1.54) is 25.2 Å². The van der Waals surface area contributed by atoms with Crippen LogP contribution in [-0.4, -0.2) is 41.6 Å². The van der Waals surface area contributed by atoms with Crippen LogP contribution in [-0.2, 0) is 9.53 Å². The SMILES string of the molecule is CN1C(=O)c2ccc(C(=O)O[C@H]3CCCCC3=O)cc2C1=O. The van der Waals surface area contributed by atoms with Gasteiger partial charge in [0.05, 0.1) is 16.7 Å². The van der Waals surface area contributed by atoms with Crippen LogP contribution in [0.4, 0.5) is 0 Å². The van der Waals surface area contributed by atoms with Crippen LogP contribution in [0.3, 0.4) is 0 Å². The van der Waals surface area contributed by atoms with Gasteiger partial charge in [0, 0.05) is 13.5 Å². The standard InChI is InChI=1S/C16H15NO5/c1-17-14(19)10-7-6-9(8-11(10)15(17)20)16(21)22-13-5-3-2-4-12(13)18/h6-8,13H,2-5H2,1H3/t13-/m0/s1. The van der Waals surface area contributed by atoms with Crippen LogP contribution >= 0.6 is 0 Å². The molecular weight excluding hydrogens is 286 g/mol. The lowest BCUT2D eigenvalue weighted by Crippen LogP contribution is -2.30. The van der Waals surface area contributed by atoms with Crippen LogP contribution in [0.25, 0.3) is 0 Å². The highest BCUT2D eigenvalue weighted by atomic mass is 16.5. The van der Waals surface area contributed by atoms with Crippen LogP contribution in [0.2, 0.25) is 0 Å². The lowest BCUT2D eigenvalue weighted by Gasteiger charge is -2.20. The van der Waals surface area contributed by atoms with Crippen molar-refractivity contribution in [1.82, 2.24) is 4.90 Å². The Hall–Kier alpha value is -2.50. The van der Waals surface area contributed by atoms with Crippen molar-refractivity contribution in [3.8, 4) is 0 Å². The van der Waals surface area contributed by atoms with Crippen LogP contribution in [0, 0.1) is 0 Å². The van der Waals surface area contributed by atoms with Crippen molar-refractivity contribution in [3.05, 3.63) is 34.9 Å². The molecule has 1 aromatic carbocycles. The summed E-state index contributed by atoms with van der Waals surface area (Å²) in [4.78, 5) is 48.6. The van der Waals surface area contributed by atoms with Crippen molar-refractivity contribution in [3.63, 3.8) is 0 Å². The van der Waals surface area contributed by atoms with E-state index in [9.17, 15) is 19.2 Å². The second-order valence-corrected chi connectivity index (χ2v) is 5.54. The van der Waals surface area contributed by atoms with Gasteiger partial charge in [0.2, 0.25) is 0 Å². The average molecular weight is 301 g/mol. The maximum absolute atomic E-state index is 12.1. The van der Waals surface area contributed by atoms with E-state index in [-0.39, 0.29) is 28.4 Å². The molecule has 0 radical (unpaired) electrons. The number of ether oxygens (including phenoxy) is 1. The number of carbonyl (C=O) groups is 4. The number of hydrogen-bond acceptors (Lipinski definition) is 5. The molecule has 0 bridgehead atoms. The van der Waals surface area contributed by atoms with Crippen LogP contribution in [0.1, 0.15) is 56.8 Å². The molecule has 0 unspecified atom stereocenters. The Morgan fingerprint density at radius 1 is 1.14 bits per heavy atom. The Morgan fingerprint density at radius 2 is 1.86 bits per heavy atom.